The summed E-state index contributed by atoms with van der Waals surface area (Å²) in [5.41, 5.74) is 2.11. The summed E-state index contributed by atoms with van der Waals surface area (Å²) in [6.07, 6.45) is 0. The van der Waals surface area contributed by atoms with Gasteiger partial charge in [0.2, 0.25) is 5.91 Å². The van der Waals surface area contributed by atoms with Crippen LogP contribution < -0.4 is 11.0 Å². The first kappa shape index (κ1) is 19.1. The third-order valence-corrected chi connectivity index (χ3v) is 5.82. The van der Waals surface area contributed by atoms with E-state index in [2.05, 4.69) is 5.32 Å². The number of carbonyl (C=O) groups is 1. The van der Waals surface area contributed by atoms with E-state index in [1.807, 2.05) is 48.7 Å². The van der Waals surface area contributed by atoms with Crippen LogP contribution in [-0.4, -0.2) is 15.0 Å². The molecule has 0 aliphatic heterocycles. The van der Waals surface area contributed by atoms with Crippen molar-refractivity contribution in [3.63, 3.8) is 0 Å². The van der Waals surface area contributed by atoms with E-state index < -0.39 is 6.04 Å². The van der Waals surface area contributed by atoms with E-state index in [0.29, 0.717) is 6.54 Å². The highest BCUT2D eigenvalue weighted by Crippen LogP contribution is 2.26. The normalized spacial score (nSPS) is 12.2. The summed E-state index contributed by atoms with van der Waals surface area (Å²) >= 11 is 1.51. The number of nitrogens with one attached hydrogen (secondary N) is 1. The molecule has 0 bridgehead atoms. The minimum absolute atomic E-state index is 0.0879. The number of fused-ring (bicyclic) bond motifs is 1. The number of amides is 1. The monoisotopic (exact) mass is 409 g/mol. The van der Waals surface area contributed by atoms with Crippen LogP contribution >= 0.6 is 11.3 Å². The molecule has 2 heterocycles. The van der Waals surface area contributed by atoms with Gasteiger partial charge in [0.1, 0.15) is 12.4 Å². The lowest BCUT2D eigenvalue weighted by Gasteiger charge is -2.18. The van der Waals surface area contributed by atoms with Crippen LogP contribution in [0, 0.1) is 5.82 Å². The molecule has 148 valence electrons. The van der Waals surface area contributed by atoms with Crippen molar-refractivity contribution in [3.8, 4) is 0 Å². The van der Waals surface area contributed by atoms with Crippen molar-refractivity contribution in [3.05, 3.63) is 92.8 Å². The van der Waals surface area contributed by atoms with Gasteiger partial charge in [0, 0.05) is 11.4 Å². The second-order valence-electron chi connectivity index (χ2n) is 6.67. The molecule has 2 aromatic carbocycles. The molecule has 0 saturated heterocycles. The van der Waals surface area contributed by atoms with Crippen LogP contribution in [0.5, 0.6) is 0 Å². The molecule has 7 heteroatoms. The molecule has 5 nitrogen and oxygen atoms in total. The van der Waals surface area contributed by atoms with Gasteiger partial charge in [0.15, 0.2) is 0 Å². The first-order valence-electron chi connectivity index (χ1n) is 9.34. The highest BCUT2D eigenvalue weighted by Gasteiger charge is 2.20. The van der Waals surface area contributed by atoms with E-state index in [9.17, 15) is 14.0 Å². The zero-order valence-corrected chi connectivity index (χ0v) is 16.7. The second-order valence-corrected chi connectivity index (χ2v) is 7.65. The van der Waals surface area contributed by atoms with Crippen LogP contribution in [0.2, 0.25) is 0 Å². The van der Waals surface area contributed by atoms with Crippen molar-refractivity contribution in [2.24, 2.45) is 0 Å². The summed E-state index contributed by atoms with van der Waals surface area (Å²) in [7, 11) is 0. The Morgan fingerprint density at radius 2 is 1.72 bits per heavy atom. The fourth-order valence-corrected chi connectivity index (χ4v) is 4.31. The number of rotatable bonds is 6. The third kappa shape index (κ3) is 3.73. The van der Waals surface area contributed by atoms with Gasteiger partial charge < -0.3 is 5.32 Å². The van der Waals surface area contributed by atoms with Crippen molar-refractivity contribution in [1.29, 1.82) is 0 Å². The van der Waals surface area contributed by atoms with E-state index in [0.717, 1.165) is 21.5 Å². The number of hydrogen-bond acceptors (Lipinski definition) is 3. The van der Waals surface area contributed by atoms with Gasteiger partial charge in [-0.3, -0.25) is 13.9 Å². The number of hydrogen-bond donors (Lipinski definition) is 1. The summed E-state index contributed by atoms with van der Waals surface area (Å²) in [6.45, 7) is 2.34. The van der Waals surface area contributed by atoms with Gasteiger partial charge in [-0.25, -0.2) is 9.18 Å². The Labute approximate surface area is 171 Å². The van der Waals surface area contributed by atoms with Crippen LogP contribution in [0.15, 0.2) is 70.8 Å². The predicted molar refractivity (Wildman–Crippen MR) is 113 cm³/mol. The van der Waals surface area contributed by atoms with Crippen LogP contribution in [-0.2, 0) is 17.9 Å². The zero-order chi connectivity index (χ0) is 20.4. The predicted octanol–water partition coefficient (Wildman–Crippen LogP) is 3.93. The van der Waals surface area contributed by atoms with Gasteiger partial charge in [0.05, 0.1) is 17.1 Å². The molecular weight excluding hydrogens is 389 g/mol. The highest BCUT2D eigenvalue weighted by molar-refractivity contribution is 7.10. The van der Waals surface area contributed by atoms with E-state index in [1.165, 1.54) is 28.0 Å². The van der Waals surface area contributed by atoms with Crippen molar-refractivity contribution < 1.29 is 9.18 Å². The number of para-hydroxylation sites is 2. The molecular formula is C22H20FN3O2S. The smallest absolute Gasteiger partial charge is 0.329 e. The highest BCUT2D eigenvalue weighted by atomic mass is 32.1. The number of thiophene rings is 1. The lowest BCUT2D eigenvalue weighted by atomic mass is 10.1. The van der Waals surface area contributed by atoms with Gasteiger partial charge in [-0.2, -0.15) is 0 Å². The van der Waals surface area contributed by atoms with Crippen LogP contribution in [0.1, 0.15) is 23.4 Å². The number of imidazole rings is 1. The minimum atomic E-state index is -0.404. The number of carbonyl (C=O) groups excluding carboxylic acids is 1. The van der Waals surface area contributed by atoms with Crippen LogP contribution in [0.3, 0.4) is 0 Å². The lowest BCUT2D eigenvalue weighted by Crippen LogP contribution is -2.35. The average Bonchev–Trinajstić information content (AvgIpc) is 3.34. The fourth-order valence-electron chi connectivity index (χ4n) is 3.51. The molecule has 1 atom stereocenters. The number of aromatic nitrogens is 2. The number of aryl methyl sites for hydroxylation is 1. The van der Waals surface area contributed by atoms with Gasteiger partial charge in [0.25, 0.3) is 0 Å². The number of benzene rings is 2. The van der Waals surface area contributed by atoms with Crippen LogP contribution in [0.25, 0.3) is 11.0 Å². The molecule has 0 saturated carbocycles. The van der Waals surface area contributed by atoms with E-state index in [1.54, 1.807) is 16.7 Å². The Morgan fingerprint density at radius 1 is 1.03 bits per heavy atom. The maximum absolute atomic E-state index is 13.3. The molecule has 1 N–H and O–H groups in total. The van der Waals surface area contributed by atoms with Gasteiger partial charge >= 0.3 is 5.69 Å². The second kappa shape index (κ2) is 8.05. The zero-order valence-electron chi connectivity index (χ0n) is 15.8. The Kier molecular flexibility index (Phi) is 5.31. The van der Waals surface area contributed by atoms with Crippen molar-refractivity contribution in [2.75, 3.05) is 0 Å². The standard InChI is InChI=1S/C22H20FN3O2S/c1-2-25-17-6-3-4-7-18(17)26(22(25)28)14-20(27)24-21(19-8-5-13-29-19)15-9-11-16(23)12-10-15/h3-13,21H,2,14H2,1H3,(H,24,27)/t21-/m0/s1. The Hall–Kier alpha value is -3.19. The van der Waals surface area contributed by atoms with Gasteiger partial charge in [-0.15, -0.1) is 11.3 Å². The van der Waals surface area contributed by atoms with E-state index >= 15 is 0 Å². The fraction of sp³-hybridized carbons (Fsp3) is 0.182. The number of halogens is 1. The van der Waals surface area contributed by atoms with Crippen molar-refractivity contribution in [1.82, 2.24) is 14.5 Å². The molecule has 4 rings (SSSR count). The summed E-state index contributed by atoms with van der Waals surface area (Å²) in [5.74, 6) is -0.613. The molecule has 4 aromatic rings. The molecule has 1 amide bonds. The molecule has 0 radical (unpaired) electrons. The molecule has 0 aliphatic rings. The average molecular weight is 409 g/mol. The summed E-state index contributed by atoms with van der Waals surface area (Å²) in [4.78, 5) is 26.6. The molecule has 29 heavy (non-hydrogen) atoms. The van der Waals surface area contributed by atoms with Crippen molar-refractivity contribution >= 4 is 28.3 Å². The quantitative estimate of drug-likeness (QED) is 0.525. The van der Waals surface area contributed by atoms with Gasteiger partial charge in [-0.1, -0.05) is 30.3 Å². The lowest BCUT2D eigenvalue weighted by molar-refractivity contribution is -0.122. The Morgan fingerprint density at radius 3 is 2.34 bits per heavy atom. The summed E-state index contributed by atoms with van der Waals surface area (Å²) in [6, 6.07) is 16.9. The maximum atomic E-state index is 13.3. The maximum Gasteiger partial charge on any atom is 0.329 e. The summed E-state index contributed by atoms with van der Waals surface area (Å²) in [5, 5.41) is 4.93. The van der Waals surface area contributed by atoms with Crippen LogP contribution in [0.4, 0.5) is 4.39 Å². The molecule has 2 aromatic heterocycles. The first-order valence-corrected chi connectivity index (χ1v) is 10.2. The van der Waals surface area contributed by atoms with E-state index in [4.69, 9.17) is 0 Å². The minimum Gasteiger partial charge on any atom is -0.343 e. The van der Waals surface area contributed by atoms with Crippen molar-refractivity contribution in [2.45, 2.75) is 26.1 Å². The Balaban J connectivity index is 1.64. The molecule has 0 spiro atoms. The van der Waals surface area contributed by atoms with E-state index in [-0.39, 0.29) is 24.0 Å². The summed E-state index contributed by atoms with van der Waals surface area (Å²) < 4.78 is 16.5. The molecule has 0 unspecified atom stereocenters. The molecule has 0 fully saturated rings. The number of nitrogens with zero attached hydrogens (tertiary/aromatic N) is 2. The SMILES string of the molecule is CCn1c(=O)n(CC(=O)N[C@@H](c2ccc(F)cc2)c2cccs2)c2ccccc21. The third-order valence-electron chi connectivity index (χ3n) is 4.88. The molecule has 0 aliphatic carbocycles. The first-order chi connectivity index (χ1) is 14.1. The van der Waals surface area contributed by atoms with Gasteiger partial charge in [-0.05, 0) is 48.2 Å². The Bertz CT molecular complexity index is 1190. The largest absolute Gasteiger partial charge is 0.343 e. The topological polar surface area (TPSA) is 56.0 Å².